The Balaban J connectivity index is 0.000000157. The van der Waals surface area contributed by atoms with E-state index in [1.165, 1.54) is 34.0 Å². The van der Waals surface area contributed by atoms with E-state index in [2.05, 4.69) is 120 Å². The van der Waals surface area contributed by atoms with Crippen LogP contribution in [0.15, 0.2) is 201 Å². The number of carbonyl (C=O) groups excluding carboxylic acids is 3. The molecular weight excluding hydrogens is 1300 g/mol. The summed E-state index contributed by atoms with van der Waals surface area (Å²) in [4.78, 5) is 79.3. The summed E-state index contributed by atoms with van der Waals surface area (Å²) in [6.45, 7) is 19.6. The van der Waals surface area contributed by atoms with Gasteiger partial charge in [-0.1, -0.05) is 92.0 Å². The van der Waals surface area contributed by atoms with Crippen LogP contribution in [0.2, 0.25) is 0 Å². The van der Waals surface area contributed by atoms with E-state index in [4.69, 9.17) is 14.2 Å². The molecule has 23 heteroatoms. The number of nitrogens with one attached hydrogen (secondary N) is 3. The van der Waals surface area contributed by atoms with Gasteiger partial charge < -0.3 is 14.2 Å². The van der Waals surface area contributed by atoms with Crippen molar-refractivity contribution >= 4 is 90.7 Å². The maximum atomic E-state index is 12.4. The summed E-state index contributed by atoms with van der Waals surface area (Å²) in [6.07, 6.45) is 11.9. The maximum absolute atomic E-state index is 12.4. The summed E-state index contributed by atoms with van der Waals surface area (Å²) in [5.74, 6) is 1.58. The van der Waals surface area contributed by atoms with Crippen molar-refractivity contribution < 1.29 is 28.6 Å². The highest BCUT2D eigenvalue weighted by Crippen LogP contribution is 2.39. The van der Waals surface area contributed by atoms with E-state index < -0.39 is 0 Å². The number of hydrogen-bond donors (Lipinski definition) is 3. The first-order chi connectivity index (χ1) is 46.5. The minimum Gasteiger partial charge on any atom is -0.477 e. The molecule has 486 valence electrons. The van der Waals surface area contributed by atoms with Crippen molar-refractivity contribution in [3.63, 3.8) is 0 Å². The van der Waals surface area contributed by atoms with Crippen molar-refractivity contribution in [1.82, 2.24) is 44.9 Å². The van der Waals surface area contributed by atoms with Gasteiger partial charge in [0.15, 0.2) is 15.4 Å². The Morgan fingerprint density at radius 3 is 1.07 bits per heavy atom. The lowest BCUT2D eigenvalue weighted by Gasteiger charge is -2.12. The quantitative estimate of drug-likeness (QED) is 0.0607. The van der Waals surface area contributed by atoms with Crippen LogP contribution < -0.4 is 30.2 Å². The molecule has 0 atom stereocenters. The molecule has 6 aromatic carbocycles. The number of anilines is 3. The molecule has 6 aromatic heterocycles. The normalized spacial score (nSPS) is 10.7. The third-order valence-electron chi connectivity index (χ3n) is 14.1. The number of benzene rings is 6. The lowest BCUT2D eigenvalue weighted by molar-refractivity contribution is 0.101. The van der Waals surface area contributed by atoms with Crippen LogP contribution >= 0.6 is 57.5 Å². The summed E-state index contributed by atoms with van der Waals surface area (Å²) >= 11 is 7.39. The van der Waals surface area contributed by atoms with Gasteiger partial charge in [-0.15, -0.1) is 34.0 Å². The highest BCUT2D eigenvalue weighted by atomic mass is 32.2. The fourth-order valence-electron chi connectivity index (χ4n) is 9.85. The van der Waals surface area contributed by atoms with Crippen molar-refractivity contribution in [3.05, 3.63) is 236 Å². The van der Waals surface area contributed by atoms with Crippen LogP contribution in [-0.2, 0) is 0 Å². The minimum atomic E-state index is -0.180. The van der Waals surface area contributed by atoms with E-state index >= 15 is 0 Å². The molecule has 0 saturated carbocycles. The Bertz CT molecular complexity index is 4330. The van der Waals surface area contributed by atoms with Gasteiger partial charge in [0.1, 0.15) is 15.8 Å². The molecule has 0 radical (unpaired) electrons. The standard InChI is InChI=1S/C25H24N4O3S.C25H24N4O2S2.C23H20N4OS2/c1-4-10-31-21-13-27-22(14-26-21)32-19-11-16(2)23(17(3)12-19)20-15-33-25(28-20)29-24(30)18-8-6-5-7-9-18;1-4-10-31-21-13-27-22(14-26-21)33-19-11-16(2)23(17(3)12-19)20-15-32-25(28-20)29-24(30)18-8-6-5-7-9-18;1-14-9-18(30-20-12-24-16(3)11-25-20)10-15(2)21(14)19-13-29-23(26-19)27-22(28)17-7-5-4-6-8-17/h2*5-9,11-15H,4,10H2,1-3H3,(H,28,29,30);4-13H,1-3H3,(H,26,27,28). The lowest BCUT2D eigenvalue weighted by Crippen LogP contribution is -2.11. The van der Waals surface area contributed by atoms with Crippen LogP contribution in [0.3, 0.4) is 0 Å². The largest absolute Gasteiger partial charge is 0.477 e. The smallest absolute Gasteiger partial charge is 0.257 e. The van der Waals surface area contributed by atoms with Crippen LogP contribution in [0.1, 0.15) is 96.8 Å². The zero-order valence-electron chi connectivity index (χ0n) is 54.2. The van der Waals surface area contributed by atoms with Crippen molar-refractivity contribution in [2.75, 3.05) is 29.2 Å². The van der Waals surface area contributed by atoms with Gasteiger partial charge in [0.2, 0.25) is 17.6 Å². The molecule has 0 fully saturated rings. The van der Waals surface area contributed by atoms with Crippen LogP contribution in [0.25, 0.3) is 33.8 Å². The lowest BCUT2D eigenvalue weighted by atomic mass is 10.0. The fraction of sp³-hybridized carbons (Fsp3) is 0.178. The van der Waals surface area contributed by atoms with Crippen molar-refractivity contribution in [2.24, 2.45) is 0 Å². The Hall–Kier alpha value is -10.0. The van der Waals surface area contributed by atoms with Crippen LogP contribution in [0, 0.1) is 48.5 Å². The van der Waals surface area contributed by atoms with E-state index in [1.54, 1.807) is 97.1 Å². The summed E-state index contributed by atoms with van der Waals surface area (Å²) in [5, 5.41) is 17.9. The Kier molecular flexibility index (Phi) is 23.9. The van der Waals surface area contributed by atoms with Gasteiger partial charge in [-0.05, 0) is 167 Å². The maximum Gasteiger partial charge on any atom is 0.257 e. The first kappa shape index (κ1) is 68.8. The van der Waals surface area contributed by atoms with E-state index in [-0.39, 0.29) is 17.7 Å². The molecule has 12 rings (SSSR count). The Morgan fingerprint density at radius 2 is 0.740 bits per heavy atom. The third kappa shape index (κ3) is 18.9. The first-order valence-corrected chi connectivity index (χ1v) is 34.9. The molecule has 6 heterocycles. The minimum absolute atomic E-state index is 0.157. The number of nitrogens with zero attached hydrogens (tertiary/aromatic N) is 9. The van der Waals surface area contributed by atoms with Gasteiger partial charge in [0, 0.05) is 65.5 Å². The number of amides is 3. The number of thiazole rings is 3. The van der Waals surface area contributed by atoms with Crippen LogP contribution in [0.5, 0.6) is 23.4 Å². The van der Waals surface area contributed by atoms with Gasteiger partial charge in [0.05, 0.1) is 67.0 Å². The van der Waals surface area contributed by atoms with Crippen molar-refractivity contribution in [3.8, 4) is 57.2 Å². The monoisotopic (exact) mass is 1370 g/mol. The number of ether oxygens (including phenoxy) is 3. The molecule has 0 aliphatic carbocycles. The second-order valence-electron chi connectivity index (χ2n) is 21.8. The Morgan fingerprint density at radius 1 is 0.406 bits per heavy atom. The van der Waals surface area contributed by atoms with Gasteiger partial charge in [-0.25, -0.2) is 39.9 Å². The molecule has 0 saturated heterocycles. The van der Waals surface area contributed by atoms with Gasteiger partial charge in [-0.2, -0.15) is 0 Å². The first-order valence-electron chi connectivity index (χ1n) is 30.6. The highest BCUT2D eigenvalue weighted by molar-refractivity contribution is 7.99. The Labute approximate surface area is 578 Å². The summed E-state index contributed by atoms with van der Waals surface area (Å²) in [7, 11) is 0. The van der Waals surface area contributed by atoms with Gasteiger partial charge in [-0.3, -0.25) is 35.3 Å². The van der Waals surface area contributed by atoms with Crippen LogP contribution in [0.4, 0.5) is 15.4 Å². The highest BCUT2D eigenvalue weighted by Gasteiger charge is 2.19. The second kappa shape index (κ2) is 33.4. The molecule has 96 heavy (non-hydrogen) atoms. The average molecular weight is 1370 g/mol. The molecule has 3 N–H and O–H groups in total. The van der Waals surface area contributed by atoms with E-state index in [0.29, 0.717) is 68.7 Å². The molecule has 12 aromatic rings. The van der Waals surface area contributed by atoms with Gasteiger partial charge >= 0.3 is 0 Å². The topological polar surface area (TPSA) is 231 Å². The third-order valence-corrected chi connectivity index (χ3v) is 18.2. The van der Waals surface area contributed by atoms with E-state index in [0.717, 1.165) is 106 Å². The molecule has 0 bridgehead atoms. The molecule has 0 aliphatic heterocycles. The average Bonchev–Trinajstić information content (AvgIpc) is 1.55. The van der Waals surface area contributed by atoms with Crippen LogP contribution in [-0.4, -0.2) is 75.8 Å². The molecule has 0 spiro atoms. The SMILES string of the molecule is CCCOc1cnc(Oc2cc(C)c(-c3csc(NC(=O)c4ccccc4)n3)c(C)c2)cn1.CCCOc1cnc(Sc2cc(C)c(-c3csc(NC(=O)c4ccccc4)n3)c(C)c2)cn1.Cc1cnc(Sc2cc(C)c(-c3csc(NC(=O)c4ccccc4)n3)c(C)c2)cn1. The van der Waals surface area contributed by atoms with Crippen molar-refractivity contribution in [1.29, 1.82) is 0 Å². The predicted octanol–water partition coefficient (Wildman–Crippen LogP) is 18.4. The second-order valence-corrected chi connectivity index (χ2v) is 26.5. The van der Waals surface area contributed by atoms with E-state index in [1.807, 2.05) is 111 Å². The number of rotatable bonds is 21. The predicted molar refractivity (Wildman–Crippen MR) is 385 cm³/mol. The number of carbonyl (C=O) groups is 3. The molecular formula is C73H68N12O6S5. The summed E-state index contributed by atoms with van der Waals surface area (Å²) < 4.78 is 16.8. The summed E-state index contributed by atoms with van der Waals surface area (Å²) in [6, 6.07) is 39.7. The zero-order chi connectivity index (χ0) is 67.5. The molecule has 0 aliphatic rings. The van der Waals surface area contributed by atoms with Gasteiger partial charge in [0.25, 0.3) is 17.7 Å². The van der Waals surface area contributed by atoms with E-state index in [9.17, 15) is 14.4 Å². The summed E-state index contributed by atoms with van der Waals surface area (Å²) in [5.41, 5.74) is 14.9. The molecule has 3 amide bonds. The number of aryl methyl sites for hydroxylation is 7. The molecule has 0 unspecified atom stereocenters. The fourth-order valence-corrected chi connectivity index (χ4v) is 13.8. The van der Waals surface area contributed by atoms with Crippen molar-refractivity contribution in [2.45, 2.75) is 95.0 Å². The zero-order valence-corrected chi connectivity index (χ0v) is 58.2. The number of aromatic nitrogens is 9. The number of hydrogen-bond acceptors (Lipinski definition) is 20. The molecule has 18 nitrogen and oxygen atoms in total.